The van der Waals surface area contributed by atoms with Crippen molar-refractivity contribution >= 4 is 21.8 Å². The predicted molar refractivity (Wildman–Crippen MR) is 60.8 cm³/mol. The largest absolute Gasteiger partial charge is 0.329 e. The van der Waals surface area contributed by atoms with E-state index in [9.17, 15) is 4.79 Å². The zero-order valence-electron chi connectivity index (χ0n) is 8.88. The molecule has 0 aromatic rings. The fourth-order valence-electron chi connectivity index (χ4n) is 2.10. The number of carbonyl (C=O) groups is 1. The van der Waals surface area contributed by atoms with Gasteiger partial charge in [0.25, 0.3) is 5.91 Å². The molecule has 0 radical (unpaired) electrons. The predicted octanol–water partition coefficient (Wildman–Crippen LogP) is 2.24. The van der Waals surface area contributed by atoms with Gasteiger partial charge in [-0.1, -0.05) is 13.8 Å². The number of halogens is 1. The fraction of sp³-hybridized carbons (Fsp3) is 0.727. The SMILES string of the molecule is CC1CC(C)C(C)N(C(=O)C#CBr)C1. The highest BCUT2D eigenvalue weighted by Crippen LogP contribution is 2.26. The second-order valence-corrected chi connectivity index (χ2v) is 4.63. The molecule has 1 heterocycles. The fourth-order valence-corrected chi connectivity index (χ4v) is 2.27. The van der Waals surface area contributed by atoms with Gasteiger partial charge in [-0.2, -0.15) is 0 Å². The molecule has 0 aromatic carbocycles. The van der Waals surface area contributed by atoms with Crippen LogP contribution in [0.4, 0.5) is 0 Å². The highest BCUT2D eigenvalue weighted by Gasteiger charge is 2.30. The molecule has 1 fully saturated rings. The second-order valence-electron chi connectivity index (χ2n) is 4.24. The van der Waals surface area contributed by atoms with Crippen LogP contribution in [0.25, 0.3) is 0 Å². The lowest BCUT2D eigenvalue weighted by Gasteiger charge is -2.40. The van der Waals surface area contributed by atoms with Gasteiger partial charge in [0.05, 0.1) is 0 Å². The Bertz CT molecular complexity index is 279. The molecule has 78 valence electrons. The van der Waals surface area contributed by atoms with Gasteiger partial charge in [-0.25, -0.2) is 0 Å². The summed E-state index contributed by atoms with van der Waals surface area (Å²) in [7, 11) is 0. The first-order valence-corrected chi connectivity index (χ1v) is 5.77. The van der Waals surface area contributed by atoms with Crippen LogP contribution in [0, 0.1) is 22.6 Å². The molecule has 1 saturated heterocycles. The average molecular weight is 258 g/mol. The van der Waals surface area contributed by atoms with Crippen LogP contribution < -0.4 is 0 Å². The minimum Gasteiger partial charge on any atom is -0.329 e. The van der Waals surface area contributed by atoms with E-state index in [-0.39, 0.29) is 5.91 Å². The summed E-state index contributed by atoms with van der Waals surface area (Å²) < 4.78 is 0. The molecule has 3 atom stereocenters. The summed E-state index contributed by atoms with van der Waals surface area (Å²) >= 11 is 2.96. The van der Waals surface area contributed by atoms with Gasteiger partial charge in [0.15, 0.2) is 0 Å². The van der Waals surface area contributed by atoms with Crippen LogP contribution in [0.15, 0.2) is 0 Å². The van der Waals surface area contributed by atoms with Crippen molar-refractivity contribution in [3.63, 3.8) is 0 Å². The Hall–Kier alpha value is -0.490. The van der Waals surface area contributed by atoms with Crippen molar-refractivity contribution in [2.45, 2.75) is 33.2 Å². The van der Waals surface area contributed by atoms with E-state index in [1.165, 1.54) is 6.42 Å². The molecule has 14 heavy (non-hydrogen) atoms. The molecule has 0 saturated carbocycles. The lowest BCUT2D eigenvalue weighted by Crippen LogP contribution is -2.48. The number of hydrogen-bond donors (Lipinski definition) is 0. The number of nitrogens with zero attached hydrogens (tertiary/aromatic N) is 1. The monoisotopic (exact) mass is 257 g/mol. The van der Waals surface area contributed by atoms with E-state index >= 15 is 0 Å². The van der Waals surface area contributed by atoms with Crippen molar-refractivity contribution in [2.24, 2.45) is 11.8 Å². The van der Waals surface area contributed by atoms with Gasteiger partial charge in [0.2, 0.25) is 0 Å². The Balaban J connectivity index is 2.74. The van der Waals surface area contributed by atoms with E-state index in [0.29, 0.717) is 17.9 Å². The summed E-state index contributed by atoms with van der Waals surface area (Å²) in [5.41, 5.74) is 0. The average Bonchev–Trinajstić information content (AvgIpc) is 2.11. The number of carbonyl (C=O) groups excluding carboxylic acids is 1. The van der Waals surface area contributed by atoms with Crippen molar-refractivity contribution in [3.05, 3.63) is 0 Å². The summed E-state index contributed by atoms with van der Waals surface area (Å²) in [6.07, 6.45) is 1.20. The zero-order chi connectivity index (χ0) is 10.7. The molecule has 0 bridgehead atoms. The Kier molecular flexibility index (Phi) is 4.00. The number of hydrogen-bond acceptors (Lipinski definition) is 1. The maximum absolute atomic E-state index is 11.6. The Morgan fingerprint density at radius 2 is 2.07 bits per heavy atom. The molecule has 0 N–H and O–H groups in total. The van der Waals surface area contributed by atoms with Gasteiger partial charge in [0.1, 0.15) is 0 Å². The summed E-state index contributed by atoms with van der Waals surface area (Å²) in [6.45, 7) is 7.32. The van der Waals surface area contributed by atoms with Crippen LogP contribution in [0.3, 0.4) is 0 Å². The lowest BCUT2D eigenvalue weighted by molar-refractivity contribution is -0.130. The smallest absolute Gasteiger partial charge is 0.299 e. The third kappa shape index (κ3) is 2.51. The molecule has 0 aromatic heterocycles. The van der Waals surface area contributed by atoms with E-state index in [1.807, 2.05) is 4.90 Å². The van der Waals surface area contributed by atoms with Gasteiger partial charge in [0, 0.05) is 34.4 Å². The first kappa shape index (κ1) is 11.6. The van der Waals surface area contributed by atoms with Crippen LogP contribution >= 0.6 is 15.9 Å². The van der Waals surface area contributed by atoms with Gasteiger partial charge in [-0.15, -0.1) is 0 Å². The topological polar surface area (TPSA) is 20.3 Å². The highest BCUT2D eigenvalue weighted by molar-refractivity contribution is 9.12. The standard InChI is InChI=1S/C11H16BrNO/c1-8-6-9(2)10(3)13(7-8)11(14)4-5-12/h8-10H,6-7H2,1-3H3. The van der Waals surface area contributed by atoms with Crippen molar-refractivity contribution in [2.75, 3.05) is 6.54 Å². The molecular formula is C11H16BrNO. The van der Waals surface area contributed by atoms with Crippen molar-refractivity contribution in [1.82, 2.24) is 4.90 Å². The lowest BCUT2D eigenvalue weighted by atomic mass is 9.86. The summed E-state index contributed by atoms with van der Waals surface area (Å²) in [5.74, 6) is 3.63. The van der Waals surface area contributed by atoms with E-state index in [4.69, 9.17) is 0 Å². The molecule has 1 aliphatic rings. The number of likely N-dealkylation sites (tertiary alicyclic amines) is 1. The number of piperidine rings is 1. The van der Waals surface area contributed by atoms with E-state index in [1.54, 1.807) is 0 Å². The summed E-state index contributed by atoms with van der Waals surface area (Å²) in [6, 6.07) is 0.312. The number of amides is 1. The maximum atomic E-state index is 11.6. The van der Waals surface area contributed by atoms with E-state index in [0.717, 1.165) is 6.54 Å². The quantitative estimate of drug-likeness (QED) is 0.610. The van der Waals surface area contributed by atoms with Crippen molar-refractivity contribution in [1.29, 1.82) is 0 Å². The summed E-state index contributed by atoms with van der Waals surface area (Å²) in [4.78, 5) is 16.0. The summed E-state index contributed by atoms with van der Waals surface area (Å²) in [5, 5.41) is 0. The first-order chi connectivity index (χ1) is 6.56. The van der Waals surface area contributed by atoms with Crippen LogP contribution in [0.1, 0.15) is 27.2 Å². The Morgan fingerprint density at radius 3 is 2.64 bits per heavy atom. The Labute approximate surface area is 94.2 Å². The van der Waals surface area contributed by atoms with Crippen molar-refractivity contribution in [3.8, 4) is 10.8 Å². The Morgan fingerprint density at radius 1 is 1.43 bits per heavy atom. The molecule has 0 spiro atoms. The minimum absolute atomic E-state index is 0.0622. The molecule has 1 aliphatic heterocycles. The second kappa shape index (κ2) is 4.84. The third-order valence-electron chi connectivity index (χ3n) is 3.01. The van der Waals surface area contributed by atoms with Crippen LogP contribution in [0.5, 0.6) is 0 Å². The van der Waals surface area contributed by atoms with Crippen LogP contribution in [-0.2, 0) is 4.79 Å². The molecule has 0 aliphatic carbocycles. The first-order valence-electron chi connectivity index (χ1n) is 4.98. The van der Waals surface area contributed by atoms with E-state index in [2.05, 4.69) is 47.5 Å². The van der Waals surface area contributed by atoms with Gasteiger partial charge < -0.3 is 4.90 Å². The maximum Gasteiger partial charge on any atom is 0.299 e. The normalized spacial score (nSPS) is 32.0. The molecule has 1 amide bonds. The highest BCUT2D eigenvalue weighted by atomic mass is 79.9. The molecule has 1 rings (SSSR count). The van der Waals surface area contributed by atoms with Gasteiger partial charge in [-0.05, 0) is 30.0 Å². The van der Waals surface area contributed by atoms with Gasteiger partial charge >= 0.3 is 0 Å². The molecule has 2 nitrogen and oxygen atoms in total. The minimum atomic E-state index is -0.0622. The zero-order valence-corrected chi connectivity index (χ0v) is 10.5. The van der Waals surface area contributed by atoms with E-state index < -0.39 is 0 Å². The van der Waals surface area contributed by atoms with Crippen molar-refractivity contribution < 1.29 is 4.79 Å². The third-order valence-corrected chi connectivity index (χ3v) is 3.21. The molecule has 3 heteroatoms. The number of rotatable bonds is 0. The molecule has 3 unspecified atom stereocenters. The van der Waals surface area contributed by atoms with Gasteiger partial charge in [-0.3, -0.25) is 4.79 Å². The van der Waals surface area contributed by atoms with Crippen LogP contribution in [-0.4, -0.2) is 23.4 Å². The molecular weight excluding hydrogens is 242 g/mol. The van der Waals surface area contributed by atoms with Crippen LogP contribution in [0.2, 0.25) is 0 Å².